The number of amides is 2. The lowest BCUT2D eigenvalue weighted by molar-refractivity contribution is -0.131. The van der Waals surface area contributed by atoms with Crippen molar-refractivity contribution in [3.8, 4) is 0 Å². The van der Waals surface area contributed by atoms with Gasteiger partial charge in [0, 0.05) is 32.3 Å². The molecule has 27 heavy (non-hydrogen) atoms. The highest BCUT2D eigenvalue weighted by Gasteiger charge is 2.15. The Morgan fingerprint density at radius 2 is 1.96 bits per heavy atom. The molecule has 0 aliphatic heterocycles. The fourth-order valence-electron chi connectivity index (χ4n) is 3.22. The maximum atomic E-state index is 12.5. The van der Waals surface area contributed by atoms with Crippen LogP contribution >= 0.6 is 0 Å². The van der Waals surface area contributed by atoms with Gasteiger partial charge in [-0.3, -0.25) is 14.0 Å². The van der Waals surface area contributed by atoms with Crippen molar-refractivity contribution >= 4 is 17.5 Å². The van der Waals surface area contributed by atoms with Crippen molar-refractivity contribution in [2.24, 2.45) is 0 Å². The SMILES string of the molecule is CCCCN(CC)C(=O)CCCCCNC(=O)c1c(C)nc2ccccn12. The summed E-state index contributed by atoms with van der Waals surface area (Å²) in [4.78, 5) is 31.0. The average molecular weight is 373 g/mol. The third-order valence-electron chi connectivity index (χ3n) is 4.79. The van der Waals surface area contributed by atoms with E-state index in [1.807, 2.05) is 47.5 Å². The van der Waals surface area contributed by atoms with Gasteiger partial charge in [0.2, 0.25) is 5.91 Å². The Hall–Kier alpha value is -2.37. The number of nitrogens with one attached hydrogen (secondary N) is 1. The van der Waals surface area contributed by atoms with Gasteiger partial charge in [-0.05, 0) is 45.2 Å². The number of hydrogen-bond donors (Lipinski definition) is 1. The number of unbranched alkanes of at least 4 members (excludes halogenated alkanes) is 3. The summed E-state index contributed by atoms with van der Waals surface area (Å²) in [5.74, 6) is 0.148. The molecule has 0 bridgehead atoms. The van der Waals surface area contributed by atoms with Gasteiger partial charge in [0.25, 0.3) is 5.91 Å². The van der Waals surface area contributed by atoms with Gasteiger partial charge in [-0.2, -0.15) is 0 Å². The van der Waals surface area contributed by atoms with Crippen molar-refractivity contribution in [2.75, 3.05) is 19.6 Å². The average Bonchev–Trinajstić information content (AvgIpc) is 3.00. The summed E-state index contributed by atoms with van der Waals surface area (Å²) in [6.07, 6.45) is 7.29. The topological polar surface area (TPSA) is 66.7 Å². The van der Waals surface area contributed by atoms with E-state index in [0.717, 1.165) is 56.5 Å². The second kappa shape index (κ2) is 10.7. The first kappa shape index (κ1) is 20.9. The minimum absolute atomic E-state index is 0.0981. The van der Waals surface area contributed by atoms with Gasteiger partial charge in [-0.15, -0.1) is 0 Å². The van der Waals surface area contributed by atoms with Crippen LogP contribution in [0, 0.1) is 6.92 Å². The molecule has 0 atom stereocenters. The Morgan fingerprint density at radius 1 is 1.15 bits per heavy atom. The number of aromatic nitrogens is 2. The standard InChI is InChI=1S/C21H32N4O2/c1-4-6-15-24(5-2)19(26)13-8-7-10-14-22-21(27)20-17(3)23-18-12-9-11-16-25(18)20/h9,11-12,16H,4-8,10,13-15H2,1-3H3,(H,22,27). The van der Waals surface area contributed by atoms with E-state index in [1.165, 1.54) is 0 Å². The number of carbonyl (C=O) groups is 2. The Balaban J connectivity index is 1.70. The molecule has 2 rings (SSSR count). The first-order valence-corrected chi connectivity index (χ1v) is 10.1. The van der Waals surface area contributed by atoms with Crippen LogP contribution in [-0.4, -0.2) is 45.7 Å². The first-order chi connectivity index (χ1) is 13.1. The molecule has 2 heterocycles. The molecular weight excluding hydrogens is 340 g/mol. The molecule has 148 valence electrons. The molecule has 6 heteroatoms. The molecule has 2 aromatic rings. The molecule has 6 nitrogen and oxygen atoms in total. The van der Waals surface area contributed by atoms with Gasteiger partial charge >= 0.3 is 0 Å². The third-order valence-corrected chi connectivity index (χ3v) is 4.79. The van der Waals surface area contributed by atoms with Crippen LogP contribution in [0.5, 0.6) is 0 Å². The minimum atomic E-state index is -0.0981. The summed E-state index contributed by atoms with van der Waals surface area (Å²) >= 11 is 0. The van der Waals surface area contributed by atoms with Crippen LogP contribution in [0.25, 0.3) is 5.65 Å². The Morgan fingerprint density at radius 3 is 2.70 bits per heavy atom. The lowest BCUT2D eigenvalue weighted by Gasteiger charge is -2.20. The molecule has 0 aliphatic carbocycles. The predicted molar refractivity (Wildman–Crippen MR) is 108 cm³/mol. The Kier molecular flexibility index (Phi) is 8.30. The van der Waals surface area contributed by atoms with Gasteiger partial charge in [0.05, 0.1) is 5.69 Å². The molecule has 0 saturated heterocycles. The molecule has 0 aliphatic rings. The Bertz CT molecular complexity index is 754. The summed E-state index contributed by atoms with van der Waals surface area (Å²) in [7, 11) is 0. The van der Waals surface area contributed by atoms with Crippen molar-refractivity contribution in [1.29, 1.82) is 0 Å². The summed E-state index contributed by atoms with van der Waals surface area (Å²) in [6.45, 7) is 8.28. The van der Waals surface area contributed by atoms with Crippen LogP contribution in [-0.2, 0) is 4.79 Å². The lowest BCUT2D eigenvalue weighted by atomic mass is 10.1. The van der Waals surface area contributed by atoms with Crippen molar-refractivity contribution in [1.82, 2.24) is 19.6 Å². The highest BCUT2D eigenvalue weighted by molar-refractivity contribution is 5.94. The number of imidazole rings is 1. The third kappa shape index (κ3) is 5.81. The van der Waals surface area contributed by atoms with Crippen LogP contribution in [0.1, 0.15) is 68.6 Å². The monoisotopic (exact) mass is 372 g/mol. The quantitative estimate of drug-likeness (QED) is 0.613. The minimum Gasteiger partial charge on any atom is -0.351 e. The second-order valence-electron chi connectivity index (χ2n) is 6.87. The second-order valence-corrected chi connectivity index (χ2v) is 6.87. The van der Waals surface area contributed by atoms with Gasteiger partial charge in [0.15, 0.2) is 0 Å². The number of carbonyl (C=O) groups excluding carboxylic acids is 2. The molecule has 0 aromatic carbocycles. The molecule has 0 spiro atoms. The smallest absolute Gasteiger partial charge is 0.270 e. The van der Waals surface area contributed by atoms with E-state index in [1.54, 1.807) is 0 Å². The van der Waals surface area contributed by atoms with E-state index in [2.05, 4.69) is 17.2 Å². The number of hydrogen-bond acceptors (Lipinski definition) is 3. The summed E-state index contributed by atoms with van der Waals surface area (Å²) in [5, 5.41) is 2.97. The van der Waals surface area contributed by atoms with Gasteiger partial charge < -0.3 is 10.2 Å². The molecule has 0 unspecified atom stereocenters. The fraction of sp³-hybridized carbons (Fsp3) is 0.571. The maximum Gasteiger partial charge on any atom is 0.270 e. The normalized spacial score (nSPS) is 10.9. The zero-order chi connectivity index (χ0) is 19.6. The summed E-state index contributed by atoms with van der Waals surface area (Å²) in [5.41, 5.74) is 2.11. The fourth-order valence-corrected chi connectivity index (χ4v) is 3.22. The molecule has 1 N–H and O–H groups in total. The van der Waals surface area contributed by atoms with Gasteiger partial charge in [-0.1, -0.05) is 25.8 Å². The van der Waals surface area contributed by atoms with Gasteiger partial charge in [0.1, 0.15) is 11.3 Å². The summed E-state index contributed by atoms with van der Waals surface area (Å²) < 4.78 is 1.82. The Labute approximate surface area is 162 Å². The highest BCUT2D eigenvalue weighted by atomic mass is 16.2. The number of aryl methyl sites for hydroxylation is 1. The first-order valence-electron chi connectivity index (χ1n) is 10.1. The van der Waals surface area contributed by atoms with E-state index in [0.29, 0.717) is 18.7 Å². The molecule has 0 fully saturated rings. The van der Waals surface area contributed by atoms with Crippen molar-refractivity contribution in [3.63, 3.8) is 0 Å². The number of nitrogens with zero attached hydrogens (tertiary/aromatic N) is 3. The van der Waals surface area contributed by atoms with E-state index < -0.39 is 0 Å². The highest BCUT2D eigenvalue weighted by Crippen LogP contribution is 2.11. The molecule has 0 radical (unpaired) electrons. The van der Waals surface area contributed by atoms with Crippen molar-refractivity contribution in [3.05, 3.63) is 35.8 Å². The van der Waals surface area contributed by atoms with E-state index in [-0.39, 0.29) is 11.8 Å². The van der Waals surface area contributed by atoms with E-state index >= 15 is 0 Å². The van der Waals surface area contributed by atoms with Crippen LogP contribution in [0.2, 0.25) is 0 Å². The maximum absolute atomic E-state index is 12.5. The summed E-state index contributed by atoms with van der Waals surface area (Å²) in [6, 6.07) is 5.69. The van der Waals surface area contributed by atoms with Crippen LogP contribution in [0.4, 0.5) is 0 Å². The lowest BCUT2D eigenvalue weighted by Crippen LogP contribution is -2.31. The van der Waals surface area contributed by atoms with Crippen molar-refractivity contribution < 1.29 is 9.59 Å². The largest absolute Gasteiger partial charge is 0.351 e. The van der Waals surface area contributed by atoms with Crippen LogP contribution in [0.3, 0.4) is 0 Å². The number of fused-ring (bicyclic) bond motifs is 1. The molecular formula is C21H32N4O2. The number of pyridine rings is 1. The molecule has 2 amide bonds. The van der Waals surface area contributed by atoms with Crippen molar-refractivity contribution in [2.45, 2.75) is 59.3 Å². The zero-order valence-corrected chi connectivity index (χ0v) is 16.8. The molecule has 2 aromatic heterocycles. The van der Waals surface area contributed by atoms with Crippen LogP contribution < -0.4 is 5.32 Å². The molecule has 0 saturated carbocycles. The van der Waals surface area contributed by atoms with E-state index in [9.17, 15) is 9.59 Å². The zero-order valence-electron chi connectivity index (χ0n) is 16.8. The predicted octanol–water partition coefficient (Wildman–Crippen LogP) is 3.58. The van der Waals surface area contributed by atoms with Crippen LogP contribution in [0.15, 0.2) is 24.4 Å². The van der Waals surface area contributed by atoms with E-state index in [4.69, 9.17) is 0 Å². The number of rotatable bonds is 11. The van der Waals surface area contributed by atoms with Gasteiger partial charge in [-0.25, -0.2) is 4.98 Å².